The summed E-state index contributed by atoms with van der Waals surface area (Å²) in [6, 6.07) is 6.27. The largest absolute Gasteiger partial charge is 0.493 e. The minimum absolute atomic E-state index is 0.146. The summed E-state index contributed by atoms with van der Waals surface area (Å²) in [5.74, 6) is 3.32. The van der Waals surface area contributed by atoms with Gasteiger partial charge in [-0.05, 0) is 68.9 Å². The highest BCUT2D eigenvalue weighted by atomic mass is 16.6. The van der Waals surface area contributed by atoms with Gasteiger partial charge in [0.05, 0.1) is 24.9 Å². The van der Waals surface area contributed by atoms with Gasteiger partial charge in [0, 0.05) is 6.07 Å². The maximum absolute atomic E-state index is 5.95. The van der Waals surface area contributed by atoms with Crippen molar-refractivity contribution in [1.82, 2.24) is 0 Å². The van der Waals surface area contributed by atoms with Gasteiger partial charge in [0.1, 0.15) is 11.5 Å². The number of epoxide rings is 1. The summed E-state index contributed by atoms with van der Waals surface area (Å²) >= 11 is 0. The lowest BCUT2D eigenvalue weighted by atomic mass is 9.91. The first-order valence-corrected chi connectivity index (χ1v) is 10.0. The second kappa shape index (κ2) is 7.99. The molecule has 3 unspecified atom stereocenters. The molecule has 2 heterocycles. The fourth-order valence-electron chi connectivity index (χ4n) is 4.01. The van der Waals surface area contributed by atoms with E-state index in [0.29, 0.717) is 17.9 Å². The molecule has 25 heavy (non-hydrogen) atoms. The Morgan fingerprint density at radius 2 is 2.08 bits per heavy atom. The van der Waals surface area contributed by atoms with Crippen molar-refractivity contribution in [2.24, 2.45) is 11.8 Å². The topological polar surface area (TPSA) is 31.0 Å². The van der Waals surface area contributed by atoms with Crippen molar-refractivity contribution in [2.75, 3.05) is 13.2 Å². The Kier molecular flexibility index (Phi) is 5.93. The van der Waals surface area contributed by atoms with Crippen LogP contribution < -0.4 is 9.47 Å². The zero-order chi connectivity index (χ0) is 17.9. The van der Waals surface area contributed by atoms with E-state index in [4.69, 9.17) is 14.2 Å². The van der Waals surface area contributed by atoms with Gasteiger partial charge in [-0.15, -0.1) is 0 Å². The lowest BCUT2D eigenvalue weighted by molar-refractivity contribution is 0.259. The fourth-order valence-corrected chi connectivity index (χ4v) is 4.01. The summed E-state index contributed by atoms with van der Waals surface area (Å²) in [4.78, 5) is 0. The van der Waals surface area contributed by atoms with E-state index in [1.807, 2.05) is 0 Å². The smallest absolute Gasteiger partial charge is 0.126 e. The molecule has 1 aromatic rings. The van der Waals surface area contributed by atoms with Gasteiger partial charge in [-0.3, -0.25) is 0 Å². The molecule has 3 rings (SSSR count). The Hall–Kier alpha value is -1.22. The molecule has 3 nitrogen and oxygen atoms in total. The Labute approximate surface area is 153 Å². The summed E-state index contributed by atoms with van der Waals surface area (Å²) in [6.45, 7) is 10.7. The Bertz CT molecular complexity index is 568. The predicted molar refractivity (Wildman–Crippen MR) is 102 cm³/mol. The number of benzene rings is 1. The molecule has 0 aromatic heterocycles. The van der Waals surface area contributed by atoms with Gasteiger partial charge >= 0.3 is 0 Å². The molecule has 3 heteroatoms. The third-order valence-corrected chi connectivity index (χ3v) is 5.54. The van der Waals surface area contributed by atoms with E-state index in [9.17, 15) is 0 Å². The fraction of sp³-hybridized carbons (Fsp3) is 0.727. The van der Waals surface area contributed by atoms with Crippen LogP contribution in [-0.4, -0.2) is 24.9 Å². The molecule has 0 radical (unpaired) electrons. The highest BCUT2D eigenvalue weighted by Gasteiger charge is 2.51. The molecule has 1 aromatic carbocycles. The number of aryl methyl sites for hydroxylation is 1. The normalized spacial score (nSPS) is 26.0. The van der Waals surface area contributed by atoms with E-state index in [1.165, 1.54) is 24.8 Å². The molecule has 0 amide bonds. The summed E-state index contributed by atoms with van der Waals surface area (Å²) in [5, 5.41) is 0. The van der Waals surface area contributed by atoms with Crippen LogP contribution in [0.5, 0.6) is 11.5 Å². The lowest BCUT2D eigenvalue weighted by Gasteiger charge is -2.18. The lowest BCUT2D eigenvalue weighted by Crippen LogP contribution is -2.14. The van der Waals surface area contributed by atoms with Gasteiger partial charge in [-0.2, -0.15) is 0 Å². The zero-order valence-electron chi connectivity index (χ0n) is 16.3. The minimum atomic E-state index is 0.146. The van der Waals surface area contributed by atoms with Crippen LogP contribution in [0.25, 0.3) is 0 Å². The Balaban J connectivity index is 1.34. The summed E-state index contributed by atoms with van der Waals surface area (Å²) in [5.41, 5.74) is 1.45. The maximum Gasteiger partial charge on any atom is 0.126 e. The number of hydrogen-bond donors (Lipinski definition) is 0. The minimum Gasteiger partial charge on any atom is -0.493 e. The molecule has 0 aliphatic carbocycles. The highest BCUT2D eigenvalue weighted by molar-refractivity contribution is 5.41. The third-order valence-electron chi connectivity index (χ3n) is 5.54. The first-order chi connectivity index (χ1) is 12.0. The number of hydrogen-bond acceptors (Lipinski definition) is 3. The van der Waals surface area contributed by atoms with Crippen molar-refractivity contribution in [3.05, 3.63) is 23.8 Å². The highest BCUT2D eigenvalue weighted by Crippen LogP contribution is 2.44. The standard InChI is InChI=1S/C22H34O3/c1-16(2)15-22(4)21(25-22)10-7-17(3)11-13-23-19-9-8-18-6-5-12-24-20(18)14-19/h8-9,14,16-17,21H,5-7,10-13,15H2,1-4H3. The first-order valence-electron chi connectivity index (χ1n) is 10.0. The molecule has 140 valence electrons. The molecule has 0 N–H and O–H groups in total. The molecule has 2 aliphatic heterocycles. The van der Waals surface area contributed by atoms with Crippen LogP contribution in [0.4, 0.5) is 0 Å². The average molecular weight is 347 g/mol. The average Bonchev–Trinajstić information content (AvgIpc) is 3.21. The number of rotatable bonds is 9. The van der Waals surface area contributed by atoms with E-state index in [1.54, 1.807) is 0 Å². The van der Waals surface area contributed by atoms with Crippen molar-refractivity contribution in [3.8, 4) is 11.5 Å². The summed E-state index contributed by atoms with van der Waals surface area (Å²) < 4.78 is 17.6. The maximum atomic E-state index is 5.95. The predicted octanol–water partition coefficient (Wildman–Crippen LogP) is 5.40. The second-order valence-electron chi connectivity index (χ2n) is 8.56. The van der Waals surface area contributed by atoms with Gasteiger partial charge in [0.2, 0.25) is 0 Å². The molecule has 1 fully saturated rings. The van der Waals surface area contributed by atoms with E-state index >= 15 is 0 Å². The van der Waals surface area contributed by atoms with Crippen LogP contribution in [-0.2, 0) is 11.2 Å². The van der Waals surface area contributed by atoms with Crippen LogP contribution in [0.15, 0.2) is 18.2 Å². The van der Waals surface area contributed by atoms with Gasteiger partial charge < -0.3 is 14.2 Å². The van der Waals surface area contributed by atoms with Gasteiger partial charge in [-0.1, -0.05) is 26.8 Å². The van der Waals surface area contributed by atoms with Crippen molar-refractivity contribution in [1.29, 1.82) is 0 Å². The van der Waals surface area contributed by atoms with E-state index in [2.05, 4.69) is 45.9 Å². The van der Waals surface area contributed by atoms with Crippen molar-refractivity contribution in [2.45, 2.75) is 77.9 Å². The molecular formula is C22H34O3. The number of fused-ring (bicyclic) bond motifs is 1. The Morgan fingerprint density at radius 1 is 1.24 bits per heavy atom. The molecule has 0 spiro atoms. The van der Waals surface area contributed by atoms with Crippen LogP contribution in [0.2, 0.25) is 0 Å². The van der Waals surface area contributed by atoms with Crippen LogP contribution in [0, 0.1) is 11.8 Å². The molecule has 3 atom stereocenters. The van der Waals surface area contributed by atoms with Gasteiger partial charge in [-0.25, -0.2) is 0 Å². The SMILES string of the molecule is CC(C)CC1(C)OC1CCC(C)CCOc1ccc2c(c1)OCCC2. The van der Waals surface area contributed by atoms with Crippen LogP contribution in [0.1, 0.15) is 65.4 Å². The molecular weight excluding hydrogens is 312 g/mol. The monoisotopic (exact) mass is 346 g/mol. The quantitative estimate of drug-likeness (QED) is 0.561. The van der Waals surface area contributed by atoms with Crippen LogP contribution in [0.3, 0.4) is 0 Å². The molecule has 0 saturated carbocycles. The van der Waals surface area contributed by atoms with E-state index in [0.717, 1.165) is 44.0 Å². The van der Waals surface area contributed by atoms with Gasteiger partial charge in [0.15, 0.2) is 0 Å². The second-order valence-corrected chi connectivity index (χ2v) is 8.56. The summed E-state index contributed by atoms with van der Waals surface area (Å²) in [7, 11) is 0. The van der Waals surface area contributed by atoms with E-state index in [-0.39, 0.29) is 5.60 Å². The summed E-state index contributed by atoms with van der Waals surface area (Å²) in [6.07, 6.45) is 7.36. The molecule has 0 bridgehead atoms. The zero-order valence-corrected chi connectivity index (χ0v) is 16.3. The van der Waals surface area contributed by atoms with Crippen molar-refractivity contribution < 1.29 is 14.2 Å². The van der Waals surface area contributed by atoms with Crippen LogP contribution >= 0.6 is 0 Å². The van der Waals surface area contributed by atoms with Gasteiger partial charge in [0.25, 0.3) is 0 Å². The first kappa shape index (κ1) is 18.6. The van der Waals surface area contributed by atoms with E-state index < -0.39 is 0 Å². The van der Waals surface area contributed by atoms with Crippen molar-refractivity contribution in [3.63, 3.8) is 0 Å². The third kappa shape index (κ3) is 5.13. The van der Waals surface area contributed by atoms with Crippen molar-refractivity contribution >= 4 is 0 Å². The molecule has 1 saturated heterocycles. The Morgan fingerprint density at radius 3 is 2.88 bits per heavy atom. The molecule has 2 aliphatic rings. The number of ether oxygens (including phenoxy) is 3.